The Kier molecular flexibility index (Phi) is 4.28. The lowest BCUT2D eigenvalue weighted by molar-refractivity contribution is 0.243. The first kappa shape index (κ1) is 12.7. The number of aryl methyl sites for hydroxylation is 1. The summed E-state index contributed by atoms with van der Waals surface area (Å²) in [4.78, 5) is 9.25. The molecule has 92 valence electrons. The van der Waals surface area contributed by atoms with Crippen LogP contribution in [0.5, 0.6) is 0 Å². The van der Waals surface area contributed by atoms with Gasteiger partial charge in [-0.1, -0.05) is 0 Å². The van der Waals surface area contributed by atoms with Crippen molar-refractivity contribution in [3.8, 4) is 0 Å². The Labute approximate surface area is 110 Å². The summed E-state index contributed by atoms with van der Waals surface area (Å²) >= 11 is 3.46. The Morgan fingerprint density at radius 1 is 1.47 bits per heavy atom. The van der Waals surface area contributed by atoms with Gasteiger partial charge in [-0.2, -0.15) is 0 Å². The van der Waals surface area contributed by atoms with Crippen LogP contribution in [0.4, 0.5) is 0 Å². The summed E-state index contributed by atoms with van der Waals surface area (Å²) in [6, 6.07) is 4.62. The average Bonchev–Trinajstić information content (AvgIpc) is 2.91. The highest BCUT2D eigenvalue weighted by Gasteiger charge is 2.17. The second-order valence-electron chi connectivity index (χ2n) is 4.09. The van der Waals surface area contributed by atoms with E-state index < -0.39 is 0 Å². The Hall–Kier alpha value is -0.750. The van der Waals surface area contributed by atoms with Crippen molar-refractivity contribution in [3.05, 3.63) is 38.5 Å². The van der Waals surface area contributed by atoms with Gasteiger partial charge in [0.15, 0.2) is 0 Å². The van der Waals surface area contributed by atoms with Crippen molar-refractivity contribution in [1.82, 2.24) is 9.88 Å². The minimum absolute atomic E-state index is 0.287. The molecule has 0 aromatic carbocycles. The van der Waals surface area contributed by atoms with E-state index in [0.29, 0.717) is 6.54 Å². The fourth-order valence-electron chi connectivity index (χ4n) is 1.83. The molecule has 0 aliphatic carbocycles. The van der Waals surface area contributed by atoms with E-state index in [-0.39, 0.29) is 6.04 Å². The van der Waals surface area contributed by atoms with Crippen LogP contribution in [0.1, 0.15) is 21.5 Å². The lowest BCUT2D eigenvalue weighted by atomic mass is 10.2. The maximum atomic E-state index is 5.89. The third kappa shape index (κ3) is 3.13. The average molecular weight is 267 g/mol. The standard InChI is InChI=1S/C12H17N3S2/c1-9-3-4-12(17-9)11(5-13)15(2)6-10-7-16-8-14-10/h3-4,7-8,11H,5-6,13H2,1-2H3. The molecule has 1 atom stereocenters. The molecule has 2 aromatic heterocycles. The van der Waals surface area contributed by atoms with E-state index in [4.69, 9.17) is 5.73 Å². The van der Waals surface area contributed by atoms with Gasteiger partial charge in [0.05, 0.1) is 17.2 Å². The minimum atomic E-state index is 0.287. The first-order valence-corrected chi connectivity index (χ1v) is 7.30. The topological polar surface area (TPSA) is 42.1 Å². The normalized spacial score (nSPS) is 13.2. The van der Waals surface area contributed by atoms with Crippen LogP contribution in [0.25, 0.3) is 0 Å². The van der Waals surface area contributed by atoms with Gasteiger partial charge in [0, 0.05) is 28.2 Å². The molecule has 0 spiro atoms. The second-order valence-corrected chi connectivity index (χ2v) is 6.13. The summed E-state index contributed by atoms with van der Waals surface area (Å²) in [6.45, 7) is 3.62. The van der Waals surface area contributed by atoms with Gasteiger partial charge in [0.1, 0.15) is 0 Å². The lowest BCUT2D eigenvalue weighted by Gasteiger charge is -2.25. The molecule has 2 rings (SSSR count). The monoisotopic (exact) mass is 267 g/mol. The fraction of sp³-hybridized carbons (Fsp3) is 0.417. The molecule has 0 radical (unpaired) electrons. The van der Waals surface area contributed by atoms with E-state index in [1.54, 1.807) is 11.3 Å². The predicted octanol–water partition coefficient (Wildman–Crippen LogP) is 2.64. The number of nitrogens with two attached hydrogens (primary N) is 1. The molecule has 0 saturated heterocycles. The van der Waals surface area contributed by atoms with Gasteiger partial charge in [-0.25, -0.2) is 4.98 Å². The van der Waals surface area contributed by atoms with Crippen LogP contribution in [0.15, 0.2) is 23.0 Å². The smallest absolute Gasteiger partial charge is 0.0795 e. The summed E-state index contributed by atoms with van der Waals surface area (Å²) in [6.07, 6.45) is 0. The predicted molar refractivity (Wildman–Crippen MR) is 74.4 cm³/mol. The first-order chi connectivity index (χ1) is 8.20. The molecule has 1 unspecified atom stereocenters. The molecule has 0 bridgehead atoms. The number of rotatable bonds is 5. The number of hydrogen-bond acceptors (Lipinski definition) is 5. The summed E-state index contributed by atoms with van der Waals surface area (Å²) in [5.41, 5.74) is 8.88. The minimum Gasteiger partial charge on any atom is -0.329 e. The quantitative estimate of drug-likeness (QED) is 0.905. The van der Waals surface area contributed by atoms with Gasteiger partial charge in [-0.3, -0.25) is 4.90 Å². The van der Waals surface area contributed by atoms with E-state index in [9.17, 15) is 0 Å². The van der Waals surface area contributed by atoms with Gasteiger partial charge in [0.2, 0.25) is 0 Å². The van der Waals surface area contributed by atoms with E-state index in [0.717, 1.165) is 12.2 Å². The third-order valence-electron chi connectivity index (χ3n) is 2.74. The Morgan fingerprint density at radius 3 is 2.82 bits per heavy atom. The van der Waals surface area contributed by atoms with Crippen molar-refractivity contribution >= 4 is 22.7 Å². The molecular weight excluding hydrogens is 250 g/mol. The number of likely N-dealkylation sites (N-methyl/N-ethyl adjacent to an activating group) is 1. The van der Waals surface area contributed by atoms with Gasteiger partial charge in [-0.15, -0.1) is 22.7 Å². The highest BCUT2D eigenvalue weighted by atomic mass is 32.1. The number of thiazole rings is 1. The number of hydrogen-bond donors (Lipinski definition) is 1. The van der Waals surface area contributed by atoms with E-state index in [1.165, 1.54) is 9.75 Å². The number of nitrogens with zero attached hydrogens (tertiary/aromatic N) is 2. The van der Waals surface area contributed by atoms with Crippen LogP contribution in [0, 0.1) is 6.92 Å². The summed E-state index contributed by atoms with van der Waals surface area (Å²) in [5.74, 6) is 0. The van der Waals surface area contributed by atoms with Crippen LogP contribution in [-0.4, -0.2) is 23.5 Å². The molecule has 0 saturated carbocycles. The van der Waals surface area contributed by atoms with Gasteiger partial charge in [0.25, 0.3) is 0 Å². The maximum Gasteiger partial charge on any atom is 0.0795 e. The Bertz CT molecular complexity index is 450. The van der Waals surface area contributed by atoms with Crippen LogP contribution >= 0.6 is 22.7 Å². The molecule has 0 aliphatic rings. The number of thiophene rings is 1. The zero-order valence-corrected chi connectivity index (χ0v) is 11.7. The summed E-state index contributed by atoms with van der Waals surface area (Å²) < 4.78 is 0. The van der Waals surface area contributed by atoms with Crippen LogP contribution in [0.2, 0.25) is 0 Å². The van der Waals surface area contributed by atoms with Gasteiger partial charge < -0.3 is 5.73 Å². The molecule has 2 heterocycles. The SMILES string of the molecule is Cc1ccc(C(CN)N(C)Cc2cscn2)s1. The van der Waals surface area contributed by atoms with E-state index in [1.807, 2.05) is 16.8 Å². The zero-order valence-electron chi connectivity index (χ0n) is 10.1. The van der Waals surface area contributed by atoms with Crippen LogP contribution in [-0.2, 0) is 6.54 Å². The maximum absolute atomic E-state index is 5.89. The molecule has 2 aromatic rings. The van der Waals surface area contributed by atoms with E-state index in [2.05, 4.69) is 41.4 Å². The van der Waals surface area contributed by atoms with Crippen molar-refractivity contribution in [3.63, 3.8) is 0 Å². The molecule has 17 heavy (non-hydrogen) atoms. The highest BCUT2D eigenvalue weighted by molar-refractivity contribution is 7.12. The largest absolute Gasteiger partial charge is 0.329 e. The van der Waals surface area contributed by atoms with Crippen molar-refractivity contribution in [2.45, 2.75) is 19.5 Å². The molecule has 3 nitrogen and oxygen atoms in total. The summed E-state index contributed by atoms with van der Waals surface area (Å²) in [5, 5.41) is 2.09. The Morgan fingerprint density at radius 2 is 2.29 bits per heavy atom. The second kappa shape index (κ2) is 5.73. The molecule has 5 heteroatoms. The third-order valence-corrected chi connectivity index (χ3v) is 4.48. The Balaban J connectivity index is 2.07. The van der Waals surface area contributed by atoms with Crippen molar-refractivity contribution in [1.29, 1.82) is 0 Å². The van der Waals surface area contributed by atoms with Gasteiger partial charge in [-0.05, 0) is 26.1 Å². The van der Waals surface area contributed by atoms with Crippen molar-refractivity contribution in [2.24, 2.45) is 5.73 Å². The molecule has 0 aliphatic heterocycles. The highest BCUT2D eigenvalue weighted by Crippen LogP contribution is 2.26. The number of aromatic nitrogens is 1. The fourth-order valence-corrected chi connectivity index (χ4v) is 3.43. The molecule has 0 amide bonds. The van der Waals surface area contributed by atoms with Crippen LogP contribution < -0.4 is 5.73 Å². The van der Waals surface area contributed by atoms with Crippen LogP contribution in [0.3, 0.4) is 0 Å². The van der Waals surface area contributed by atoms with Crippen molar-refractivity contribution in [2.75, 3.05) is 13.6 Å². The molecule has 0 fully saturated rings. The molecular formula is C12H17N3S2. The van der Waals surface area contributed by atoms with Crippen molar-refractivity contribution < 1.29 is 0 Å². The van der Waals surface area contributed by atoms with E-state index >= 15 is 0 Å². The summed E-state index contributed by atoms with van der Waals surface area (Å²) in [7, 11) is 2.10. The zero-order chi connectivity index (χ0) is 12.3. The molecule has 2 N–H and O–H groups in total. The van der Waals surface area contributed by atoms with Gasteiger partial charge >= 0.3 is 0 Å². The first-order valence-electron chi connectivity index (χ1n) is 5.54. The lowest BCUT2D eigenvalue weighted by Crippen LogP contribution is -2.29.